The van der Waals surface area contributed by atoms with E-state index in [0.717, 1.165) is 0 Å². The summed E-state index contributed by atoms with van der Waals surface area (Å²) in [6.07, 6.45) is -4.79. The molecule has 6 heteroatoms. The highest BCUT2D eigenvalue weighted by molar-refractivity contribution is 5.75. The van der Waals surface area contributed by atoms with Crippen LogP contribution in [-0.2, 0) is 9.53 Å². The minimum absolute atomic E-state index is 0.0505. The van der Waals surface area contributed by atoms with Crippen LogP contribution in [0.3, 0.4) is 0 Å². The SMILES string of the molecule is [NH]CCCOC(=O)C(F)(F)F. The molecule has 0 aromatic carbocycles. The zero-order valence-electron chi connectivity index (χ0n) is 5.57. The molecular weight excluding hydrogens is 163 g/mol. The molecule has 0 aliphatic carbocycles. The summed E-state index contributed by atoms with van der Waals surface area (Å²) in [5.41, 5.74) is 6.53. The van der Waals surface area contributed by atoms with Gasteiger partial charge in [-0.25, -0.2) is 4.79 Å². The smallest absolute Gasteiger partial charge is 0.459 e. The van der Waals surface area contributed by atoms with Gasteiger partial charge >= 0.3 is 12.1 Å². The minimum Gasteiger partial charge on any atom is -0.459 e. The van der Waals surface area contributed by atoms with Crippen molar-refractivity contribution in [3.05, 3.63) is 0 Å². The van der Waals surface area contributed by atoms with Gasteiger partial charge in [-0.2, -0.15) is 13.2 Å². The molecule has 3 nitrogen and oxygen atoms in total. The van der Waals surface area contributed by atoms with Crippen LogP contribution in [0.1, 0.15) is 6.42 Å². The maximum Gasteiger partial charge on any atom is 0.490 e. The molecule has 0 spiro atoms. The number of nitrogens with one attached hydrogen (secondary N) is 1. The second-order valence-corrected chi connectivity index (χ2v) is 1.74. The van der Waals surface area contributed by atoms with Crippen molar-refractivity contribution >= 4 is 5.97 Å². The van der Waals surface area contributed by atoms with Crippen LogP contribution >= 0.6 is 0 Å². The summed E-state index contributed by atoms with van der Waals surface area (Å²) >= 11 is 0. The molecule has 11 heavy (non-hydrogen) atoms. The first-order valence-corrected chi connectivity index (χ1v) is 2.87. The number of hydrogen-bond donors (Lipinski definition) is 0. The molecule has 0 amide bonds. The Hall–Kier alpha value is -0.780. The van der Waals surface area contributed by atoms with Crippen molar-refractivity contribution in [2.24, 2.45) is 0 Å². The number of hydrogen-bond acceptors (Lipinski definition) is 2. The molecule has 0 aromatic heterocycles. The predicted molar refractivity (Wildman–Crippen MR) is 29.6 cm³/mol. The molecule has 0 aliphatic heterocycles. The fourth-order valence-corrected chi connectivity index (χ4v) is 0.319. The number of carbonyl (C=O) groups is 1. The maximum absolute atomic E-state index is 11.4. The number of alkyl halides is 3. The summed E-state index contributed by atoms with van der Waals surface area (Å²) in [5.74, 6) is -2.19. The summed E-state index contributed by atoms with van der Waals surface area (Å²) in [6.45, 7) is -0.396. The molecule has 0 aromatic rings. The van der Waals surface area contributed by atoms with Crippen LogP contribution in [0.5, 0.6) is 0 Å². The van der Waals surface area contributed by atoms with Crippen LogP contribution < -0.4 is 5.73 Å². The van der Waals surface area contributed by atoms with Gasteiger partial charge in [0, 0.05) is 6.54 Å². The third-order valence-electron chi connectivity index (χ3n) is 0.786. The standard InChI is InChI=1S/C5H7F3NO2/c6-5(7,8)4(10)11-3-1-2-9/h9H,1-3H2. The van der Waals surface area contributed by atoms with E-state index in [1.54, 1.807) is 0 Å². The molecule has 0 heterocycles. The van der Waals surface area contributed by atoms with Crippen LogP contribution in [0.4, 0.5) is 13.2 Å². The van der Waals surface area contributed by atoms with E-state index in [9.17, 15) is 18.0 Å². The van der Waals surface area contributed by atoms with Gasteiger partial charge in [0.05, 0.1) is 6.61 Å². The quantitative estimate of drug-likeness (QED) is 0.463. The lowest BCUT2D eigenvalue weighted by Crippen LogP contribution is -2.25. The zero-order chi connectivity index (χ0) is 8.91. The molecule has 0 fully saturated rings. The maximum atomic E-state index is 11.4. The van der Waals surface area contributed by atoms with Crippen LogP contribution in [-0.4, -0.2) is 25.3 Å². The molecule has 0 saturated heterocycles. The van der Waals surface area contributed by atoms with Gasteiger partial charge in [-0.3, -0.25) is 5.73 Å². The lowest BCUT2D eigenvalue weighted by molar-refractivity contribution is -0.199. The third kappa shape index (κ3) is 4.60. The first-order chi connectivity index (χ1) is 4.98. The average molecular weight is 170 g/mol. The monoisotopic (exact) mass is 170 g/mol. The van der Waals surface area contributed by atoms with Crippen molar-refractivity contribution in [1.29, 1.82) is 0 Å². The third-order valence-corrected chi connectivity index (χ3v) is 0.786. The molecule has 0 unspecified atom stereocenters. The van der Waals surface area contributed by atoms with Crippen LogP contribution in [0.15, 0.2) is 0 Å². The van der Waals surface area contributed by atoms with E-state index in [4.69, 9.17) is 5.73 Å². The topological polar surface area (TPSA) is 50.1 Å². The van der Waals surface area contributed by atoms with Crippen molar-refractivity contribution in [3.8, 4) is 0 Å². The molecule has 1 N–H and O–H groups in total. The lowest BCUT2D eigenvalue weighted by atomic mass is 10.5. The van der Waals surface area contributed by atoms with E-state index in [2.05, 4.69) is 4.74 Å². The van der Waals surface area contributed by atoms with E-state index in [0.29, 0.717) is 0 Å². The van der Waals surface area contributed by atoms with Crippen molar-refractivity contribution in [2.45, 2.75) is 12.6 Å². The van der Waals surface area contributed by atoms with Gasteiger partial charge < -0.3 is 4.74 Å². The highest BCUT2D eigenvalue weighted by Gasteiger charge is 2.40. The van der Waals surface area contributed by atoms with Crippen molar-refractivity contribution in [2.75, 3.05) is 13.2 Å². The van der Waals surface area contributed by atoms with E-state index < -0.39 is 12.1 Å². The Morgan fingerprint density at radius 3 is 2.36 bits per heavy atom. The molecular formula is C5H7F3NO2. The van der Waals surface area contributed by atoms with Crippen LogP contribution in [0.25, 0.3) is 0 Å². The summed E-state index contributed by atoms with van der Waals surface area (Å²) in [7, 11) is 0. The first-order valence-electron chi connectivity index (χ1n) is 2.87. The average Bonchev–Trinajstić information content (AvgIpc) is 1.86. The van der Waals surface area contributed by atoms with Gasteiger partial charge in [0.1, 0.15) is 0 Å². The van der Waals surface area contributed by atoms with E-state index in [1.165, 1.54) is 0 Å². The van der Waals surface area contributed by atoms with Crippen molar-refractivity contribution in [3.63, 3.8) is 0 Å². The van der Waals surface area contributed by atoms with Gasteiger partial charge in [-0.1, -0.05) is 0 Å². The summed E-state index contributed by atoms with van der Waals surface area (Å²) in [4.78, 5) is 9.93. The molecule has 0 aliphatic rings. The Kier molecular flexibility index (Phi) is 3.88. The van der Waals surface area contributed by atoms with E-state index in [1.807, 2.05) is 0 Å². The van der Waals surface area contributed by atoms with Crippen LogP contribution in [0, 0.1) is 0 Å². The van der Waals surface area contributed by atoms with Gasteiger partial charge in [0.2, 0.25) is 0 Å². The van der Waals surface area contributed by atoms with Crippen LogP contribution in [0.2, 0.25) is 0 Å². The summed E-state index contributed by atoms with van der Waals surface area (Å²) < 4.78 is 37.8. The van der Waals surface area contributed by atoms with E-state index in [-0.39, 0.29) is 19.6 Å². The number of carbonyl (C=O) groups excluding carboxylic acids is 1. The predicted octanol–water partition coefficient (Wildman–Crippen LogP) is 0.765. The highest BCUT2D eigenvalue weighted by atomic mass is 19.4. The van der Waals surface area contributed by atoms with Gasteiger partial charge in [0.15, 0.2) is 0 Å². The summed E-state index contributed by atoms with van der Waals surface area (Å²) in [5, 5.41) is 0. The molecule has 0 saturated carbocycles. The minimum atomic E-state index is -4.91. The van der Waals surface area contributed by atoms with Crippen molar-refractivity contribution < 1.29 is 22.7 Å². The fourth-order valence-electron chi connectivity index (χ4n) is 0.319. The van der Waals surface area contributed by atoms with Gasteiger partial charge in [0.25, 0.3) is 0 Å². The normalized spacial score (nSPS) is 11.3. The Bertz CT molecular complexity index is 134. The first kappa shape index (κ1) is 10.2. The molecule has 0 bridgehead atoms. The lowest BCUT2D eigenvalue weighted by Gasteiger charge is -2.05. The molecule has 65 valence electrons. The number of esters is 1. The second-order valence-electron chi connectivity index (χ2n) is 1.74. The molecule has 0 atom stereocenters. The summed E-state index contributed by atoms with van der Waals surface area (Å²) in [6, 6.07) is 0. The fraction of sp³-hybridized carbons (Fsp3) is 0.800. The second kappa shape index (κ2) is 4.17. The Morgan fingerprint density at radius 1 is 1.45 bits per heavy atom. The Morgan fingerprint density at radius 2 is 2.00 bits per heavy atom. The number of halogens is 3. The zero-order valence-corrected chi connectivity index (χ0v) is 5.57. The van der Waals surface area contributed by atoms with Gasteiger partial charge in [-0.05, 0) is 6.42 Å². The largest absolute Gasteiger partial charge is 0.490 e. The number of ether oxygens (including phenoxy) is 1. The molecule has 0 rings (SSSR count). The number of rotatable bonds is 3. The van der Waals surface area contributed by atoms with Crippen molar-refractivity contribution in [1.82, 2.24) is 5.73 Å². The van der Waals surface area contributed by atoms with E-state index >= 15 is 0 Å². The Labute approximate surface area is 61.3 Å². The van der Waals surface area contributed by atoms with Gasteiger partial charge in [-0.15, -0.1) is 0 Å². The highest BCUT2D eigenvalue weighted by Crippen LogP contribution is 2.16. The molecule has 1 radical (unpaired) electrons. The Balaban J connectivity index is 3.54.